The van der Waals surface area contributed by atoms with E-state index >= 15 is 0 Å². The molecule has 2 aliphatic rings. The zero-order valence-corrected chi connectivity index (χ0v) is 16.8. The van der Waals surface area contributed by atoms with Gasteiger partial charge in [-0.1, -0.05) is 12.1 Å². The van der Waals surface area contributed by atoms with Crippen LogP contribution in [0, 0.1) is 5.82 Å². The Bertz CT molecular complexity index is 1040. The first kappa shape index (κ1) is 20.5. The van der Waals surface area contributed by atoms with Crippen molar-refractivity contribution in [3.05, 3.63) is 59.9 Å². The van der Waals surface area contributed by atoms with Gasteiger partial charge in [-0.05, 0) is 46.7 Å². The fourth-order valence-corrected chi connectivity index (χ4v) is 3.50. The first-order valence-electron chi connectivity index (χ1n) is 9.71. The lowest BCUT2D eigenvalue weighted by Gasteiger charge is -2.27. The second-order valence-corrected chi connectivity index (χ2v) is 7.12. The van der Waals surface area contributed by atoms with Crippen LogP contribution in [0.25, 0.3) is 0 Å². The monoisotopic (exact) mass is 426 g/mol. The van der Waals surface area contributed by atoms with Crippen LogP contribution in [0.4, 0.5) is 10.1 Å². The third-order valence-electron chi connectivity index (χ3n) is 5.16. The molecule has 160 valence electrons. The minimum absolute atomic E-state index is 0.169. The molecule has 1 N–H and O–H groups in total. The smallest absolute Gasteiger partial charge is 0.497 e. The average molecular weight is 426 g/mol. The first-order valence-corrected chi connectivity index (χ1v) is 9.71. The molecule has 1 saturated heterocycles. The van der Waals surface area contributed by atoms with Crippen LogP contribution in [0.1, 0.15) is 5.56 Å². The van der Waals surface area contributed by atoms with E-state index in [9.17, 15) is 18.8 Å². The third kappa shape index (κ3) is 4.23. The number of rotatable bonds is 6. The summed E-state index contributed by atoms with van der Waals surface area (Å²) in [4.78, 5) is 40.6. The zero-order chi connectivity index (χ0) is 22.0. The van der Waals surface area contributed by atoms with E-state index in [0.717, 1.165) is 10.4 Å². The number of hydrogen-bond donors (Lipinski definition) is 1. The number of ether oxygens (including phenoxy) is 1. The first-order chi connectivity index (χ1) is 15.0. The molecule has 2 aromatic rings. The maximum atomic E-state index is 13.0. The van der Waals surface area contributed by atoms with E-state index < -0.39 is 24.0 Å². The number of anilines is 1. The van der Waals surface area contributed by atoms with Gasteiger partial charge < -0.3 is 15.0 Å². The molecule has 0 aliphatic carbocycles. The van der Waals surface area contributed by atoms with E-state index in [2.05, 4.69) is 10.4 Å². The highest BCUT2D eigenvalue weighted by Gasteiger charge is 2.49. The topological polar surface area (TPSA) is 94.3 Å². The Morgan fingerprint density at radius 2 is 1.81 bits per heavy atom. The van der Waals surface area contributed by atoms with Gasteiger partial charge in [0.05, 0.1) is 7.11 Å². The summed E-state index contributed by atoms with van der Waals surface area (Å²) < 4.78 is 19.1. The summed E-state index contributed by atoms with van der Waals surface area (Å²) in [6, 6.07) is 13.0. The molecule has 10 heteroatoms. The predicted molar refractivity (Wildman–Crippen MR) is 107 cm³/mol. The van der Waals surface area contributed by atoms with Gasteiger partial charge in [0.25, 0.3) is 18.7 Å². The molecule has 0 radical (unpaired) electrons. The van der Waals surface area contributed by atoms with Gasteiger partial charge in [0.15, 0.2) is 0 Å². The fourth-order valence-electron chi connectivity index (χ4n) is 3.50. The summed E-state index contributed by atoms with van der Waals surface area (Å²) >= 11 is 0. The van der Waals surface area contributed by atoms with Crippen molar-refractivity contribution in [2.24, 2.45) is 5.11 Å². The molecule has 1 unspecified atom stereocenters. The number of carbonyl (C=O) groups is 3. The molecular formula is C21H21FN5O4+. The van der Waals surface area contributed by atoms with E-state index in [1.54, 1.807) is 31.4 Å². The predicted octanol–water partition coefficient (Wildman–Crippen LogP) is 1.09. The Kier molecular flexibility index (Phi) is 5.61. The van der Waals surface area contributed by atoms with Gasteiger partial charge in [-0.25, -0.2) is 9.18 Å². The second kappa shape index (κ2) is 8.50. The van der Waals surface area contributed by atoms with Gasteiger partial charge in [-0.3, -0.25) is 14.5 Å². The number of benzene rings is 2. The van der Waals surface area contributed by atoms with Crippen LogP contribution in [0.3, 0.4) is 0 Å². The number of halogens is 1. The van der Waals surface area contributed by atoms with Crippen LogP contribution in [0.2, 0.25) is 0 Å². The summed E-state index contributed by atoms with van der Waals surface area (Å²) in [6.45, 7) is 0.647. The number of hydrogen-bond acceptors (Lipinski definition) is 6. The number of methoxy groups -OCH3 is 1. The summed E-state index contributed by atoms with van der Waals surface area (Å²) in [5.74, 6) is -1.68. The average Bonchev–Trinajstić information content (AvgIpc) is 3.21. The summed E-state index contributed by atoms with van der Waals surface area (Å²) in [5, 5.41) is 7.00. The molecule has 2 aliphatic heterocycles. The minimum atomic E-state index is -0.843. The van der Waals surface area contributed by atoms with Gasteiger partial charge in [-0.15, -0.1) is 0 Å². The Morgan fingerprint density at radius 1 is 1.13 bits per heavy atom. The molecule has 0 aromatic heterocycles. The van der Waals surface area contributed by atoms with Crippen LogP contribution < -0.4 is 15.0 Å². The van der Waals surface area contributed by atoms with Gasteiger partial charge in [-0.2, -0.15) is 0 Å². The molecule has 1 fully saturated rings. The van der Waals surface area contributed by atoms with Gasteiger partial charge in [0.1, 0.15) is 11.6 Å². The molecule has 0 spiro atoms. The third-order valence-corrected chi connectivity index (χ3v) is 5.16. The van der Waals surface area contributed by atoms with Crippen LogP contribution in [-0.2, 0) is 20.9 Å². The largest absolute Gasteiger partial charge is 0.502 e. The summed E-state index contributed by atoms with van der Waals surface area (Å²) in [7, 11) is 1.58. The van der Waals surface area contributed by atoms with Gasteiger partial charge >= 0.3 is 11.8 Å². The lowest BCUT2D eigenvalue weighted by atomic mass is 10.2. The molecule has 2 heterocycles. The Morgan fingerprint density at radius 3 is 2.48 bits per heavy atom. The van der Waals surface area contributed by atoms with Crippen LogP contribution in [0.5, 0.6) is 5.75 Å². The maximum Gasteiger partial charge on any atom is 0.502 e. The number of azo groups is 2. The van der Waals surface area contributed by atoms with Crippen molar-refractivity contribution in [2.45, 2.75) is 12.8 Å². The number of carbonyl (C=O) groups excluding carboxylic acids is 3. The number of nitrogens with one attached hydrogen (secondary N) is 1. The maximum absolute atomic E-state index is 13.0. The van der Waals surface area contributed by atoms with Crippen molar-refractivity contribution in [1.82, 2.24) is 10.2 Å². The number of amides is 3. The Hall–Kier alpha value is -3.82. The molecule has 1 atom stereocenters. The normalized spacial score (nSPS) is 18.0. The van der Waals surface area contributed by atoms with E-state index in [1.165, 1.54) is 17.0 Å². The quantitative estimate of drug-likeness (QED) is 0.551. The number of fused-ring (bicyclic) bond motifs is 1. The fraction of sp³-hybridized carbons (Fsp3) is 0.286. The van der Waals surface area contributed by atoms with Crippen molar-refractivity contribution < 1.29 is 28.2 Å². The lowest BCUT2D eigenvalue weighted by molar-refractivity contribution is -0.509. The molecule has 31 heavy (non-hydrogen) atoms. The van der Waals surface area contributed by atoms with Crippen molar-refractivity contribution in [3.63, 3.8) is 0 Å². The van der Waals surface area contributed by atoms with Crippen LogP contribution in [-0.4, -0.2) is 60.4 Å². The second-order valence-electron chi connectivity index (χ2n) is 7.12. The van der Waals surface area contributed by atoms with E-state index in [-0.39, 0.29) is 18.9 Å². The highest BCUT2D eigenvalue weighted by atomic mass is 19.1. The lowest BCUT2D eigenvalue weighted by Crippen LogP contribution is -2.53. The summed E-state index contributed by atoms with van der Waals surface area (Å²) in [5.41, 5.74) is 1.53. The zero-order valence-electron chi connectivity index (χ0n) is 16.8. The summed E-state index contributed by atoms with van der Waals surface area (Å²) in [6.07, 6.45) is -0.705. The molecule has 0 saturated carbocycles. The SMILES string of the molecule is COc1ccc(N2CCN3C(=O)C(=O)[N+](CC(=O)NCc4ccc(F)cc4)=NC32)cc1. The van der Waals surface area contributed by atoms with Crippen LogP contribution in [0.15, 0.2) is 53.6 Å². The molecule has 9 nitrogen and oxygen atoms in total. The molecule has 3 amide bonds. The Balaban J connectivity index is 1.47. The molecular weight excluding hydrogens is 405 g/mol. The molecule has 2 aromatic carbocycles. The van der Waals surface area contributed by atoms with Crippen molar-refractivity contribution >= 4 is 23.4 Å². The highest BCUT2D eigenvalue weighted by Crippen LogP contribution is 2.28. The minimum Gasteiger partial charge on any atom is -0.497 e. The Labute approximate surface area is 177 Å². The van der Waals surface area contributed by atoms with E-state index in [0.29, 0.717) is 24.4 Å². The molecule has 0 bridgehead atoms. The van der Waals surface area contributed by atoms with Gasteiger partial charge in [0, 0.05) is 30.4 Å². The highest BCUT2D eigenvalue weighted by molar-refractivity contribution is 6.31. The van der Waals surface area contributed by atoms with Crippen molar-refractivity contribution in [2.75, 3.05) is 31.6 Å². The van der Waals surface area contributed by atoms with Crippen molar-refractivity contribution in [1.29, 1.82) is 0 Å². The van der Waals surface area contributed by atoms with Crippen LogP contribution >= 0.6 is 0 Å². The van der Waals surface area contributed by atoms with E-state index in [4.69, 9.17) is 4.74 Å². The standard InChI is InChI=1S/C21H20FN5O4/c1-31-17-8-6-16(7-9-17)25-10-11-26-19(29)20(30)27(24-21(25)26)13-18(28)23-12-14-2-4-15(22)5-3-14/h2-9,21H,10-13H2,1H3/p+1. The van der Waals surface area contributed by atoms with Gasteiger partial charge in [0.2, 0.25) is 0 Å². The van der Waals surface area contributed by atoms with E-state index in [1.807, 2.05) is 17.0 Å². The van der Waals surface area contributed by atoms with Crippen molar-refractivity contribution in [3.8, 4) is 5.75 Å². The molecule has 4 rings (SSSR count). The number of nitrogens with zero attached hydrogens (tertiary/aromatic N) is 4.